The Kier molecular flexibility index (Phi) is 6.41. The number of hydrogen-bond acceptors (Lipinski definition) is 6. The number of aromatic nitrogens is 1. The van der Waals surface area contributed by atoms with Crippen LogP contribution in [0.15, 0.2) is 23.9 Å². The van der Waals surface area contributed by atoms with Crippen LogP contribution in [0.4, 0.5) is 10.1 Å². The van der Waals surface area contributed by atoms with Crippen LogP contribution in [0.2, 0.25) is 0 Å². The number of hydrogen-bond donors (Lipinski definition) is 3. The summed E-state index contributed by atoms with van der Waals surface area (Å²) in [6.07, 6.45) is 5.84. The van der Waals surface area contributed by atoms with Gasteiger partial charge in [-0.3, -0.25) is 14.5 Å². The monoisotopic (exact) mass is 430 g/mol. The zero-order chi connectivity index (χ0) is 22.0. The average Bonchev–Trinajstić information content (AvgIpc) is 3.29. The molecule has 4 rings (SSSR count). The fourth-order valence-corrected chi connectivity index (χ4v) is 4.92. The van der Waals surface area contributed by atoms with Crippen molar-refractivity contribution in [2.45, 2.75) is 44.8 Å². The van der Waals surface area contributed by atoms with Crippen molar-refractivity contribution >= 4 is 17.5 Å². The number of nitrogens with one attached hydrogen (secondary N) is 3. The normalized spacial score (nSPS) is 26.8. The minimum atomic E-state index is -0.603. The maximum absolute atomic E-state index is 14.5. The van der Waals surface area contributed by atoms with E-state index in [1.165, 1.54) is 7.05 Å². The molecule has 0 spiro atoms. The van der Waals surface area contributed by atoms with Crippen LogP contribution in [0.25, 0.3) is 0 Å². The van der Waals surface area contributed by atoms with Gasteiger partial charge in [-0.25, -0.2) is 4.98 Å². The molecule has 1 aliphatic carbocycles. The highest BCUT2D eigenvalue weighted by Gasteiger charge is 2.36. The highest BCUT2D eigenvalue weighted by molar-refractivity contribution is 5.94. The second-order valence-corrected chi connectivity index (χ2v) is 8.48. The number of rotatable bonds is 5. The SMILES string of the molecule is CCC1=CNC(C2CC[C@H](N3CCN(c4ccc(C(=O)NC)nc4F)CC3)C2)NC1=O. The summed E-state index contributed by atoms with van der Waals surface area (Å²) in [5.74, 6) is -0.535. The van der Waals surface area contributed by atoms with Crippen LogP contribution >= 0.6 is 0 Å². The lowest BCUT2D eigenvalue weighted by Gasteiger charge is -2.39. The number of anilines is 1. The van der Waals surface area contributed by atoms with Gasteiger partial charge in [0.1, 0.15) is 11.9 Å². The van der Waals surface area contributed by atoms with Crippen molar-refractivity contribution < 1.29 is 14.0 Å². The molecule has 168 valence electrons. The fourth-order valence-electron chi connectivity index (χ4n) is 4.92. The first-order chi connectivity index (χ1) is 15.0. The van der Waals surface area contributed by atoms with Gasteiger partial charge in [-0.2, -0.15) is 4.39 Å². The first-order valence-electron chi connectivity index (χ1n) is 11.1. The molecule has 3 heterocycles. The fraction of sp³-hybridized carbons (Fsp3) is 0.591. The van der Waals surface area contributed by atoms with Crippen LogP contribution in [-0.2, 0) is 4.79 Å². The maximum Gasteiger partial charge on any atom is 0.269 e. The van der Waals surface area contributed by atoms with Crippen molar-refractivity contribution in [2.75, 3.05) is 38.1 Å². The largest absolute Gasteiger partial charge is 0.371 e. The third kappa shape index (κ3) is 4.51. The Morgan fingerprint density at radius 2 is 2.03 bits per heavy atom. The predicted octanol–water partition coefficient (Wildman–Crippen LogP) is 1.21. The second kappa shape index (κ2) is 9.21. The Balaban J connectivity index is 1.30. The van der Waals surface area contributed by atoms with Gasteiger partial charge in [0.2, 0.25) is 11.9 Å². The second-order valence-electron chi connectivity index (χ2n) is 8.48. The molecular weight excluding hydrogens is 399 g/mol. The van der Waals surface area contributed by atoms with Crippen LogP contribution in [0.3, 0.4) is 0 Å². The molecule has 2 aliphatic heterocycles. The summed E-state index contributed by atoms with van der Waals surface area (Å²) in [5, 5.41) is 8.94. The highest BCUT2D eigenvalue weighted by atomic mass is 19.1. The number of pyridine rings is 1. The summed E-state index contributed by atoms with van der Waals surface area (Å²) in [6, 6.07) is 3.69. The van der Waals surface area contributed by atoms with E-state index in [0.29, 0.717) is 17.6 Å². The van der Waals surface area contributed by atoms with Gasteiger partial charge in [0.25, 0.3) is 5.91 Å². The van der Waals surface area contributed by atoms with E-state index in [1.807, 2.05) is 18.0 Å². The number of nitrogens with zero attached hydrogens (tertiary/aromatic N) is 3. The Morgan fingerprint density at radius 1 is 1.26 bits per heavy atom. The molecule has 3 atom stereocenters. The molecule has 0 bridgehead atoms. The molecule has 2 fully saturated rings. The summed E-state index contributed by atoms with van der Waals surface area (Å²) in [6.45, 7) is 5.15. The predicted molar refractivity (Wildman–Crippen MR) is 116 cm³/mol. The van der Waals surface area contributed by atoms with Crippen molar-refractivity contribution in [3.05, 3.63) is 35.5 Å². The number of piperazine rings is 1. The van der Waals surface area contributed by atoms with Crippen LogP contribution in [0.5, 0.6) is 0 Å². The molecule has 1 saturated carbocycles. The first kappa shape index (κ1) is 21.5. The summed E-state index contributed by atoms with van der Waals surface area (Å²) >= 11 is 0. The van der Waals surface area contributed by atoms with Gasteiger partial charge in [-0.1, -0.05) is 6.92 Å². The lowest BCUT2D eigenvalue weighted by Crippen LogP contribution is -2.53. The molecule has 2 amide bonds. The van der Waals surface area contributed by atoms with E-state index in [2.05, 4.69) is 25.8 Å². The average molecular weight is 431 g/mol. The Morgan fingerprint density at radius 3 is 2.68 bits per heavy atom. The molecule has 1 saturated heterocycles. The Hall–Kier alpha value is -2.68. The zero-order valence-electron chi connectivity index (χ0n) is 18.2. The Bertz CT molecular complexity index is 868. The molecule has 9 heteroatoms. The lowest BCUT2D eigenvalue weighted by atomic mass is 10.0. The van der Waals surface area contributed by atoms with Crippen LogP contribution < -0.4 is 20.9 Å². The van der Waals surface area contributed by atoms with E-state index in [9.17, 15) is 14.0 Å². The van der Waals surface area contributed by atoms with Gasteiger partial charge in [0, 0.05) is 51.0 Å². The van der Waals surface area contributed by atoms with Crippen LogP contribution in [-0.4, -0.2) is 67.1 Å². The number of halogens is 1. The van der Waals surface area contributed by atoms with E-state index in [-0.39, 0.29) is 17.8 Å². The lowest BCUT2D eigenvalue weighted by molar-refractivity contribution is -0.119. The van der Waals surface area contributed by atoms with Crippen molar-refractivity contribution in [1.29, 1.82) is 0 Å². The third-order valence-corrected chi connectivity index (χ3v) is 6.77. The van der Waals surface area contributed by atoms with Crippen molar-refractivity contribution in [2.24, 2.45) is 5.92 Å². The van der Waals surface area contributed by atoms with E-state index < -0.39 is 11.9 Å². The maximum atomic E-state index is 14.5. The number of carbonyl (C=O) groups is 2. The van der Waals surface area contributed by atoms with E-state index >= 15 is 0 Å². The zero-order valence-corrected chi connectivity index (χ0v) is 18.2. The van der Waals surface area contributed by atoms with Crippen molar-refractivity contribution in [3.8, 4) is 0 Å². The summed E-state index contributed by atoms with van der Waals surface area (Å²) < 4.78 is 14.5. The molecule has 8 nitrogen and oxygen atoms in total. The minimum Gasteiger partial charge on any atom is -0.371 e. The van der Waals surface area contributed by atoms with Gasteiger partial charge >= 0.3 is 0 Å². The third-order valence-electron chi connectivity index (χ3n) is 6.77. The van der Waals surface area contributed by atoms with E-state index in [4.69, 9.17) is 0 Å². The Labute approximate surface area is 182 Å². The van der Waals surface area contributed by atoms with Crippen molar-refractivity contribution in [1.82, 2.24) is 25.8 Å². The molecule has 3 aliphatic rings. The van der Waals surface area contributed by atoms with Crippen molar-refractivity contribution in [3.63, 3.8) is 0 Å². The summed E-state index contributed by atoms with van der Waals surface area (Å²) in [7, 11) is 1.50. The molecule has 0 aromatic carbocycles. The molecule has 31 heavy (non-hydrogen) atoms. The van der Waals surface area contributed by atoms with Gasteiger partial charge in [-0.05, 0) is 43.7 Å². The highest BCUT2D eigenvalue weighted by Crippen LogP contribution is 2.33. The smallest absolute Gasteiger partial charge is 0.269 e. The standard InChI is InChI=1S/C22H31FN6O2/c1-3-14-13-25-20(27-21(14)30)15-4-5-16(12-15)28-8-10-29(11-9-28)18-7-6-17(22(31)24-2)26-19(18)23/h6-7,13,15-16,20,25H,3-5,8-12H2,1-2H3,(H,24,31)(H,27,30)/t15?,16-,20?/m0/s1. The van der Waals surface area contributed by atoms with Gasteiger partial charge in [0.05, 0.1) is 5.69 Å². The molecular formula is C22H31FN6O2. The van der Waals surface area contributed by atoms with Gasteiger partial charge in [0.15, 0.2) is 0 Å². The topological polar surface area (TPSA) is 89.6 Å². The molecule has 1 aromatic heterocycles. The first-order valence-corrected chi connectivity index (χ1v) is 11.1. The summed E-state index contributed by atoms with van der Waals surface area (Å²) in [4.78, 5) is 32.1. The molecule has 1 aromatic rings. The molecule has 0 radical (unpaired) electrons. The number of carbonyl (C=O) groups excluding carboxylic acids is 2. The molecule has 3 N–H and O–H groups in total. The van der Waals surface area contributed by atoms with E-state index in [1.54, 1.807) is 12.1 Å². The number of amides is 2. The minimum absolute atomic E-state index is 0.00750. The van der Waals surface area contributed by atoms with E-state index in [0.717, 1.165) is 57.4 Å². The van der Waals surface area contributed by atoms with Crippen LogP contribution in [0, 0.1) is 11.9 Å². The van der Waals surface area contributed by atoms with Crippen LogP contribution in [0.1, 0.15) is 43.1 Å². The van der Waals surface area contributed by atoms with Gasteiger partial charge in [-0.15, -0.1) is 0 Å². The van der Waals surface area contributed by atoms with Gasteiger partial charge < -0.3 is 20.9 Å². The molecule has 2 unspecified atom stereocenters. The quantitative estimate of drug-likeness (QED) is 0.609. The summed E-state index contributed by atoms with van der Waals surface area (Å²) in [5.41, 5.74) is 1.33.